The molecular formula is C37H47NO. The maximum atomic E-state index is 13.0. The SMILES string of the molecule is C#Cc1ccc(CC2CCCC[C@H]2C(=O)N2CCCCC2)cc1.CC.CC(c1ccccc1)c1ccccc1. The van der Waals surface area contributed by atoms with Gasteiger partial charge in [-0.05, 0) is 73.3 Å². The molecule has 2 aliphatic rings. The Morgan fingerprint density at radius 1 is 0.795 bits per heavy atom. The van der Waals surface area contributed by atoms with E-state index >= 15 is 0 Å². The fraction of sp³-hybridized carbons (Fsp3) is 0.432. The molecule has 3 aromatic rings. The Balaban J connectivity index is 0.000000224. The average molecular weight is 522 g/mol. The molecule has 1 saturated heterocycles. The van der Waals surface area contributed by atoms with E-state index in [2.05, 4.69) is 90.5 Å². The minimum absolute atomic E-state index is 0.231. The van der Waals surface area contributed by atoms with E-state index in [-0.39, 0.29) is 5.92 Å². The summed E-state index contributed by atoms with van der Waals surface area (Å²) in [5.41, 5.74) is 4.99. The fourth-order valence-corrected chi connectivity index (χ4v) is 5.84. The van der Waals surface area contributed by atoms with Gasteiger partial charge in [0, 0.05) is 30.5 Å². The molecule has 0 N–H and O–H groups in total. The number of nitrogens with zero attached hydrogens (tertiary/aromatic N) is 1. The first-order chi connectivity index (χ1) is 19.2. The van der Waals surface area contributed by atoms with E-state index < -0.39 is 0 Å². The molecule has 2 nitrogen and oxygen atoms in total. The summed E-state index contributed by atoms with van der Waals surface area (Å²) in [6, 6.07) is 29.5. The van der Waals surface area contributed by atoms with Crippen LogP contribution in [0.15, 0.2) is 84.9 Å². The lowest BCUT2D eigenvalue weighted by atomic mass is 9.75. The van der Waals surface area contributed by atoms with Crippen molar-refractivity contribution < 1.29 is 4.79 Å². The zero-order chi connectivity index (χ0) is 27.9. The first-order valence-electron chi connectivity index (χ1n) is 15.1. The Bertz CT molecular complexity index is 1080. The number of piperidine rings is 1. The molecule has 3 aromatic carbocycles. The zero-order valence-corrected chi connectivity index (χ0v) is 24.3. The van der Waals surface area contributed by atoms with Gasteiger partial charge in [0.15, 0.2) is 0 Å². The quantitative estimate of drug-likeness (QED) is 0.307. The number of rotatable bonds is 5. The molecule has 1 unspecified atom stereocenters. The number of terminal acetylenes is 1. The zero-order valence-electron chi connectivity index (χ0n) is 24.3. The normalized spacial score (nSPS) is 18.6. The third kappa shape index (κ3) is 9.14. The van der Waals surface area contributed by atoms with Gasteiger partial charge in [-0.2, -0.15) is 0 Å². The van der Waals surface area contributed by atoms with Crippen molar-refractivity contribution >= 4 is 5.91 Å². The molecule has 0 aromatic heterocycles. The first kappa shape index (κ1) is 30.2. The summed E-state index contributed by atoms with van der Waals surface area (Å²) in [5, 5.41) is 0. The molecule has 1 saturated carbocycles. The van der Waals surface area contributed by atoms with Gasteiger partial charge < -0.3 is 4.90 Å². The third-order valence-electron chi connectivity index (χ3n) is 8.11. The average Bonchev–Trinajstić information content (AvgIpc) is 3.03. The van der Waals surface area contributed by atoms with E-state index in [0.29, 0.717) is 17.7 Å². The highest BCUT2D eigenvalue weighted by Crippen LogP contribution is 2.34. The van der Waals surface area contributed by atoms with Crippen LogP contribution in [0.3, 0.4) is 0 Å². The van der Waals surface area contributed by atoms with Crippen molar-refractivity contribution in [1.29, 1.82) is 0 Å². The number of likely N-dealkylation sites (tertiary alicyclic amines) is 1. The van der Waals surface area contributed by atoms with Crippen LogP contribution in [0.2, 0.25) is 0 Å². The van der Waals surface area contributed by atoms with E-state index in [0.717, 1.165) is 31.5 Å². The number of amides is 1. The van der Waals surface area contributed by atoms with Gasteiger partial charge in [0.2, 0.25) is 5.91 Å². The molecule has 206 valence electrons. The molecule has 0 spiro atoms. The highest BCUT2D eigenvalue weighted by Gasteiger charge is 2.34. The molecule has 39 heavy (non-hydrogen) atoms. The topological polar surface area (TPSA) is 20.3 Å². The van der Waals surface area contributed by atoms with Crippen LogP contribution in [0, 0.1) is 24.2 Å². The lowest BCUT2D eigenvalue weighted by molar-refractivity contribution is -0.139. The van der Waals surface area contributed by atoms with Crippen LogP contribution in [-0.4, -0.2) is 23.9 Å². The van der Waals surface area contributed by atoms with Gasteiger partial charge in [-0.3, -0.25) is 4.79 Å². The minimum Gasteiger partial charge on any atom is -0.342 e. The lowest BCUT2D eigenvalue weighted by Gasteiger charge is -2.36. The summed E-state index contributed by atoms with van der Waals surface area (Å²) in [5.74, 6) is 4.30. The van der Waals surface area contributed by atoms with Gasteiger partial charge in [0.25, 0.3) is 0 Å². The predicted molar refractivity (Wildman–Crippen MR) is 166 cm³/mol. The van der Waals surface area contributed by atoms with Crippen LogP contribution in [0.5, 0.6) is 0 Å². The number of hydrogen-bond donors (Lipinski definition) is 0. The van der Waals surface area contributed by atoms with Crippen molar-refractivity contribution in [3.63, 3.8) is 0 Å². The number of benzene rings is 3. The maximum Gasteiger partial charge on any atom is 0.225 e. The minimum atomic E-state index is 0.231. The van der Waals surface area contributed by atoms with Gasteiger partial charge in [-0.1, -0.05) is 112 Å². The summed E-state index contributed by atoms with van der Waals surface area (Å²) >= 11 is 0. The molecule has 2 fully saturated rings. The van der Waals surface area contributed by atoms with Crippen molar-refractivity contribution in [2.24, 2.45) is 11.8 Å². The van der Waals surface area contributed by atoms with E-state index in [1.54, 1.807) is 0 Å². The standard InChI is InChI=1S/C21H27NO.C14H14.C2H6/c1-2-17-10-12-18(13-11-17)16-19-8-4-5-9-20(19)21(23)22-14-6-3-7-15-22;1-12(13-8-4-2-5-9-13)14-10-6-3-7-11-14;1-2/h1,10-13,19-20H,3-9,14-16H2;2-12H,1H3;1-2H3/t19?,20-;;/m1../s1. The molecule has 1 heterocycles. The highest BCUT2D eigenvalue weighted by atomic mass is 16.2. The van der Waals surface area contributed by atoms with E-state index in [1.165, 1.54) is 55.2 Å². The summed E-state index contributed by atoms with van der Waals surface area (Å²) in [6.07, 6.45) is 14.8. The molecule has 1 amide bonds. The van der Waals surface area contributed by atoms with Gasteiger partial charge in [0.05, 0.1) is 0 Å². The van der Waals surface area contributed by atoms with Gasteiger partial charge in [0.1, 0.15) is 0 Å². The van der Waals surface area contributed by atoms with Gasteiger partial charge >= 0.3 is 0 Å². The van der Waals surface area contributed by atoms with Gasteiger partial charge in [-0.15, -0.1) is 6.42 Å². The molecule has 2 heteroatoms. The molecule has 2 atom stereocenters. The van der Waals surface area contributed by atoms with Crippen LogP contribution >= 0.6 is 0 Å². The molecule has 0 bridgehead atoms. The number of hydrogen-bond acceptors (Lipinski definition) is 1. The van der Waals surface area contributed by atoms with Crippen molar-refractivity contribution in [2.75, 3.05) is 13.1 Å². The summed E-state index contributed by atoms with van der Waals surface area (Å²) in [6.45, 7) is 8.18. The fourth-order valence-electron chi connectivity index (χ4n) is 5.84. The highest BCUT2D eigenvalue weighted by molar-refractivity contribution is 5.79. The third-order valence-corrected chi connectivity index (χ3v) is 8.11. The Labute approximate surface area is 237 Å². The Morgan fingerprint density at radius 2 is 1.33 bits per heavy atom. The van der Waals surface area contributed by atoms with Crippen LogP contribution in [0.25, 0.3) is 0 Å². The molecule has 1 aliphatic carbocycles. The summed E-state index contributed by atoms with van der Waals surface area (Å²) < 4.78 is 0. The van der Waals surface area contributed by atoms with Crippen molar-refractivity contribution in [3.8, 4) is 12.3 Å². The second kappa shape index (κ2) is 16.6. The lowest BCUT2D eigenvalue weighted by Crippen LogP contribution is -2.43. The van der Waals surface area contributed by atoms with Crippen LogP contribution in [0.4, 0.5) is 0 Å². The second-order valence-corrected chi connectivity index (χ2v) is 10.6. The molecule has 5 rings (SSSR count). The van der Waals surface area contributed by atoms with Crippen molar-refractivity contribution in [1.82, 2.24) is 4.90 Å². The molecule has 0 radical (unpaired) electrons. The van der Waals surface area contributed by atoms with E-state index in [1.807, 2.05) is 26.0 Å². The van der Waals surface area contributed by atoms with E-state index in [9.17, 15) is 4.79 Å². The number of carbonyl (C=O) groups is 1. The van der Waals surface area contributed by atoms with Crippen molar-refractivity contribution in [3.05, 3.63) is 107 Å². The smallest absolute Gasteiger partial charge is 0.225 e. The van der Waals surface area contributed by atoms with Crippen LogP contribution in [-0.2, 0) is 11.2 Å². The first-order valence-corrected chi connectivity index (χ1v) is 15.1. The Kier molecular flexibility index (Phi) is 12.9. The monoisotopic (exact) mass is 521 g/mol. The van der Waals surface area contributed by atoms with Crippen molar-refractivity contribution in [2.45, 2.75) is 78.1 Å². The van der Waals surface area contributed by atoms with Gasteiger partial charge in [-0.25, -0.2) is 0 Å². The Hall–Kier alpha value is -3.31. The molecular weight excluding hydrogens is 474 g/mol. The largest absolute Gasteiger partial charge is 0.342 e. The van der Waals surface area contributed by atoms with E-state index in [4.69, 9.17) is 6.42 Å². The van der Waals surface area contributed by atoms with Crippen LogP contribution in [0.1, 0.15) is 93.9 Å². The number of carbonyl (C=O) groups excluding carboxylic acids is 1. The summed E-state index contributed by atoms with van der Waals surface area (Å²) in [7, 11) is 0. The Morgan fingerprint density at radius 3 is 1.87 bits per heavy atom. The molecule has 1 aliphatic heterocycles. The van der Waals surface area contributed by atoms with Crippen LogP contribution < -0.4 is 0 Å². The predicted octanol–water partition coefficient (Wildman–Crippen LogP) is 8.89. The summed E-state index contributed by atoms with van der Waals surface area (Å²) in [4.78, 5) is 15.1. The second-order valence-electron chi connectivity index (χ2n) is 10.6. The maximum absolute atomic E-state index is 13.0.